The van der Waals surface area contributed by atoms with Crippen LogP contribution < -0.4 is 10.9 Å². The Balaban J connectivity index is 2.04. The van der Waals surface area contributed by atoms with Crippen LogP contribution in [0, 0.1) is 0 Å². The van der Waals surface area contributed by atoms with Crippen LogP contribution in [0.15, 0.2) is 4.79 Å². The first kappa shape index (κ1) is 11.0. The molecule has 0 bridgehead atoms. The number of aromatic nitrogens is 2. The molecule has 3 rings (SSSR count). The number of sulfone groups is 1. The van der Waals surface area contributed by atoms with Crippen LogP contribution >= 0.6 is 0 Å². The normalized spacial score (nSPS) is 26.9. The minimum absolute atomic E-state index is 0.0231. The van der Waals surface area contributed by atoms with Gasteiger partial charge in [0, 0.05) is 12.1 Å². The topological polar surface area (TPSA) is 84.0 Å². The molecule has 1 aromatic heterocycles. The van der Waals surface area contributed by atoms with E-state index in [1.54, 1.807) is 4.68 Å². The molecule has 0 radical (unpaired) electrons. The fraction of sp³-hybridized carbons (Fsp3) is 0.700. The van der Waals surface area contributed by atoms with Crippen molar-refractivity contribution in [2.45, 2.75) is 24.6 Å². The first-order valence-corrected chi connectivity index (χ1v) is 7.62. The van der Waals surface area contributed by atoms with Crippen molar-refractivity contribution in [2.24, 2.45) is 0 Å². The standard InChI is InChI=1S/C10H15N3O3S/c14-10-8-2-4-17(15,16)6-9(8)12-13(10)7-1-3-11-5-7/h7,11-12H,1-6H2. The minimum atomic E-state index is -3.02. The number of aromatic amines is 1. The van der Waals surface area contributed by atoms with Gasteiger partial charge in [-0.25, -0.2) is 13.1 Å². The fourth-order valence-corrected chi connectivity index (χ4v) is 3.92. The summed E-state index contributed by atoms with van der Waals surface area (Å²) >= 11 is 0. The van der Waals surface area contributed by atoms with Crippen LogP contribution in [-0.2, 0) is 22.0 Å². The van der Waals surface area contributed by atoms with Crippen LogP contribution in [-0.4, -0.2) is 37.0 Å². The number of nitrogens with one attached hydrogen (secondary N) is 2. The lowest BCUT2D eigenvalue weighted by Gasteiger charge is -2.10. The van der Waals surface area contributed by atoms with E-state index in [9.17, 15) is 13.2 Å². The first-order valence-electron chi connectivity index (χ1n) is 5.80. The van der Waals surface area contributed by atoms with Crippen molar-refractivity contribution in [3.05, 3.63) is 21.6 Å². The lowest BCUT2D eigenvalue weighted by Crippen LogP contribution is -2.27. The van der Waals surface area contributed by atoms with Gasteiger partial charge in [-0.3, -0.25) is 9.89 Å². The highest BCUT2D eigenvalue weighted by molar-refractivity contribution is 7.90. The highest BCUT2D eigenvalue weighted by Crippen LogP contribution is 2.19. The molecule has 1 aromatic rings. The number of hydrogen-bond acceptors (Lipinski definition) is 4. The zero-order valence-corrected chi connectivity index (χ0v) is 10.2. The van der Waals surface area contributed by atoms with Gasteiger partial charge >= 0.3 is 0 Å². The van der Waals surface area contributed by atoms with Crippen LogP contribution in [0.4, 0.5) is 0 Å². The second kappa shape index (κ2) is 3.71. The van der Waals surface area contributed by atoms with Crippen LogP contribution in [0.25, 0.3) is 0 Å². The van der Waals surface area contributed by atoms with Crippen molar-refractivity contribution >= 4 is 9.84 Å². The van der Waals surface area contributed by atoms with E-state index >= 15 is 0 Å². The summed E-state index contributed by atoms with van der Waals surface area (Å²) in [6.45, 7) is 1.67. The summed E-state index contributed by atoms with van der Waals surface area (Å²) in [6.07, 6.45) is 1.26. The molecule has 1 fully saturated rings. The Labute approximate surface area is 98.9 Å². The van der Waals surface area contributed by atoms with E-state index in [2.05, 4.69) is 10.4 Å². The van der Waals surface area contributed by atoms with Gasteiger partial charge < -0.3 is 5.32 Å². The Morgan fingerprint density at radius 1 is 1.35 bits per heavy atom. The van der Waals surface area contributed by atoms with Gasteiger partial charge in [0.2, 0.25) is 0 Å². The third kappa shape index (κ3) is 1.83. The molecule has 2 aliphatic rings. The van der Waals surface area contributed by atoms with Crippen LogP contribution in [0.2, 0.25) is 0 Å². The van der Waals surface area contributed by atoms with Gasteiger partial charge in [0.25, 0.3) is 5.56 Å². The zero-order chi connectivity index (χ0) is 12.0. The first-order chi connectivity index (χ1) is 8.07. The molecule has 0 spiro atoms. The third-order valence-corrected chi connectivity index (χ3v) is 5.08. The lowest BCUT2D eigenvalue weighted by atomic mass is 10.2. The van der Waals surface area contributed by atoms with Crippen molar-refractivity contribution in [1.29, 1.82) is 0 Å². The molecule has 7 heteroatoms. The summed E-state index contributed by atoms with van der Waals surface area (Å²) in [5, 5.41) is 6.18. The van der Waals surface area contributed by atoms with Gasteiger partial charge in [0.05, 0.1) is 23.2 Å². The predicted octanol–water partition coefficient (Wildman–Crippen LogP) is -0.818. The fourth-order valence-electron chi connectivity index (χ4n) is 2.58. The maximum absolute atomic E-state index is 12.1. The molecule has 94 valence electrons. The summed E-state index contributed by atoms with van der Waals surface area (Å²) < 4.78 is 24.6. The summed E-state index contributed by atoms with van der Waals surface area (Å²) in [5.41, 5.74) is 1.21. The van der Waals surface area contributed by atoms with Gasteiger partial charge in [-0.05, 0) is 19.4 Å². The SMILES string of the molecule is O=c1c2c([nH]n1C1CCNC1)CS(=O)(=O)CC2. The van der Waals surface area contributed by atoms with Crippen molar-refractivity contribution in [3.8, 4) is 0 Å². The van der Waals surface area contributed by atoms with Gasteiger partial charge in [-0.15, -0.1) is 0 Å². The maximum Gasteiger partial charge on any atom is 0.270 e. The molecule has 2 N–H and O–H groups in total. The number of nitrogens with zero attached hydrogens (tertiary/aromatic N) is 1. The Kier molecular flexibility index (Phi) is 2.41. The molecule has 0 aromatic carbocycles. The number of fused-ring (bicyclic) bond motifs is 1. The van der Waals surface area contributed by atoms with E-state index in [1.807, 2.05) is 0 Å². The monoisotopic (exact) mass is 257 g/mol. The van der Waals surface area contributed by atoms with E-state index in [1.165, 1.54) is 0 Å². The van der Waals surface area contributed by atoms with E-state index in [0.29, 0.717) is 17.7 Å². The van der Waals surface area contributed by atoms with Crippen molar-refractivity contribution in [3.63, 3.8) is 0 Å². The smallest absolute Gasteiger partial charge is 0.270 e. The number of rotatable bonds is 1. The molecule has 3 heterocycles. The quantitative estimate of drug-likeness (QED) is 0.688. The third-order valence-electron chi connectivity index (χ3n) is 3.52. The van der Waals surface area contributed by atoms with Gasteiger partial charge in [-0.1, -0.05) is 0 Å². The van der Waals surface area contributed by atoms with Gasteiger partial charge in [-0.2, -0.15) is 0 Å². The van der Waals surface area contributed by atoms with Crippen LogP contribution in [0.5, 0.6) is 0 Å². The summed E-state index contributed by atoms with van der Waals surface area (Å²) in [5.74, 6) is 0.0702. The number of H-pyrrole nitrogens is 1. The minimum Gasteiger partial charge on any atom is -0.315 e. The summed E-state index contributed by atoms with van der Waals surface area (Å²) in [7, 11) is -3.02. The predicted molar refractivity (Wildman–Crippen MR) is 62.8 cm³/mol. The van der Waals surface area contributed by atoms with Crippen molar-refractivity contribution in [2.75, 3.05) is 18.8 Å². The van der Waals surface area contributed by atoms with E-state index < -0.39 is 9.84 Å². The van der Waals surface area contributed by atoms with E-state index in [4.69, 9.17) is 0 Å². The summed E-state index contributed by atoms with van der Waals surface area (Å²) in [6, 6.07) is 0.135. The number of hydrogen-bond donors (Lipinski definition) is 2. The molecular formula is C10H15N3O3S. The van der Waals surface area contributed by atoms with Gasteiger partial charge in [0.15, 0.2) is 9.84 Å². The molecule has 1 saturated heterocycles. The Morgan fingerprint density at radius 3 is 2.88 bits per heavy atom. The molecule has 2 aliphatic heterocycles. The van der Waals surface area contributed by atoms with Crippen LogP contribution in [0.3, 0.4) is 0 Å². The Morgan fingerprint density at radius 2 is 2.18 bits per heavy atom. The zero-order valence-electron chi connectivity index (χ0n) is 9.40. The molecule has 0 amide bonds. The molecule has 1 unspecified atom stereocenters. The second-order valence-corrected chi connectivity index (χ2v) is 6.92. The molecule has 6 nitrogen and oxygen atoms in total. The average molecular weight is 257 g/mol. The van der Waals surface area contributed by atoms with Gasteiger partial charge in [0.1, 0.15) is 0 Å². The lowest BCUT2D eigenvalue weighted by molar-refractivity contribution is 0.474. The van der Waals surface area contributed by atoms with Crippen molar-refractivity contribution in [1.82, 2.24) is 15.1 Å². The molecule has 0 aliphatic carbocycles. The van der Waals surface area contributed by atoms with E-state index in [-0.39, 0.29) is 23.1 Å². The Bertz CT molecular complexity index is 593. The average Bonchev–Trinajstić information content (AvgIpc) is 2.85. The summed E-state index contributed by atoms with van der Waals surface area (Å²) in [4.78, 5) is 12.1. The second-order valence-electron chi connectivity index (χ2n) is 4.73. The largest absolute Gasteiger partial charge is 0.315 e. The highest BCUT2D eigenvalue weighted by Gasteiger charge is 2.29. The molecule has 0 saturated carbocycles. The molecular weight excluding hydrogens is 242 g/mol. The van der Waals surface area contributed by atoms with E-state index in [0.717, 1.165) is 19.5 Å². The van der Waals surface area contributed by atoms with Crippen LogP contribution in [0.1, 0.15) is 23.7 Å². The molecule has 1 atom stereocenters. The van der Waals surface area contributed by atoms with Crippen molar-refractivity contribution < 1.29 is 8.42 Å². The molecule has 17 heavy (non-hydrogen) atoms. The Hall–Kier alpha value is -1.08. The highest BCUT2D eigenvalue weighted by atomic mass is 32.2. The maximum atomic E-state index is 12.1.